The lowest BCUT2D eigenvalue weighted by Gasteiger charge is -2.16. The van der Waals surface area contributed by atoms with E-state index in [1.165, 1.54) is 12.1 Å². The molecule has 0 heterocycles. The lowest BCUT2D eigenvalue weighted by atomic mass is 9.89. The number of hydrogen-bond donors (Lipinski definition) is 0. The van der Waals surface area contributed by atoms with Gasteiger partial charge in [-0.15, -0.1) is 0 Å². The molecule has 4 aromatic rings. The van der Waals surface area contributed by atoms with Crippen LogP contribution in [0.4, 0.5) is 13.2 Å². The van der Waals surface area contributed by atoms with E-state index in [0.29, 0.717) is 5.39 Å². The second-order valence-corrected chi connectivity index (χ2v) is 6.22. The van der Waals surface area contributed by atoms with Crippen molar-refractivity contribution in [2.75, 3.05) is 0 Å². The molecule has 0 aromatic heterocycles. The van der Waals surface area contributed by atoms with E-state index < -0.39 is 11.7 Å². The summed E-state index contributed by atoms with van der Waals surface area (Å²) in [5, 5.41) is 5.86. The second-order valence-electron chi connectivity index (χ2n) is 6.22. The van der Waals surface area contributed by atoms with E-state index in [1.807, 2.05) is 38.1 Å². The van der Waals surface area contributed by atoms with Gasteiger partial charge in [0.25, 0.3) is 0 Å². The van der Waals surface area contributed by atoms with Gasteiger partial charge in [-0.25, -0.2) is 0 Å². The van der Waals surface area contributed by atoms with Crippen LogP contribution in [0.5, 0.6) is 0 Å². The van der Waals surface area contributed by atoms with Crippen LogP contribution in [-0.4, -0.2) is 0 Å². The minimum atomic E-state index is -4.33. The van der Waals surface area contributed by atoms with Gasteiger partial charge in [-0.1, -0.05) is 42.5 Å². The summed E-state index contributed by atoms with van der Waals surface area (Å²) in [5.41, 5.74) is 1.32. The Hall–Kier alpha value is -2.55. The maximum Gasteiger partial charge on any atom is 0.416 e. The van der Waals surface area contributed by atoms with Crippen LogP contribution in [-0.2, 0) is 6.18 Å². The lowest BCUT2D eigenvalue weighted by molar-refractivity contribution is -0.137. The average Bonchev–Trinajstić information content (AvgIpc) is 2.57. The predicted octanol–water partition coefficient (Wildman–Crippen LogP) is 6.78. The van der Waals surface area contributed by atoms with Gasteiger partial charge in [-0.2, -0.15) is 13.2 Å². The molecule has 0 bridgehead atoms. The van der Waals surface area contributed by atoms with Crippen LogP contribution >= 0.6 is 0 Å². The van der Waals surface area contributed by atoms with Gasteiger partial charge in [0.15, 0.2) is 0 Å². The minimum Gasteiger partial charge on any atom is -0.166 e. The van der Waals surface area contributed by atoms with Gasteiger partial charge in [0.05, 0.1) is 5.56 Å². The van der Waals surface area contributed by atoms with Gasteiger partial charge >= 0.3 is 6.18 Å². The first-order valence-electron chi connectivity index (χ1n) is 7.79. The highest BCUT2D eigenvalue weighted by Crippen LogP contribution is 2.39. The molecule has 0 atom stereocenters. The number of benzene rings is 4. The number of alkyl halides is 3. The Balaban J connectivity index is 2.23. The summed E-state index contributed by atoms with van der Waals surface area (Å²) in [4.78, 5) is 0. The summed E-state index contributed by atoms with van der Waals surface area (Å²) in [6, 6.07) is 16.2. The molecule has 3 heteroatoms. The van der Waals surface area contributed by atoms with Crippen molar-refractivity contribution in [1.82, 2.24) is 0 Å². The van der Waals surface area contributed by atoms with Crippen molar-refractivity contribution in [2.24, 2.45) is 0 Å². The first-order chi connectivity index (χ1) is 11.4. The SMILES string of the molecule is Cc1c2ccc(C(F)(F)F)cc2c(C)c2c1ccc1ccccc12. The molecule has 0 N–H and O–H groups in total. The van der Waals surface area contributed by atoms with Gasteiger partial charge in [-0.05, 0) is 69.4 Å². The number of hydrogen-bond acceptors (Lipinski definition) is 0. The first-order valence-corrected chi connectivity index (χ1v) is 7.79. The van der Waals surface area contributed by atoms with Crippen LogP contribution in [0.25, 0.3) is 32.3 Å². The molecule has 0 radical (unpaired) electrons. The third kappa shape index (κ3) is 2.08. The number of rotatable bonds is 0. The maximum atomic E-state index is 13.1. The summed E-state index contributed by atoms with van der Waals surface area (Å²) in [6.07, 6.45) is -4.33. The summed E-state index contributed by atoms with van der Waals surface area (Å²) >= 11 is 0. The van der Waals surface area contributed by atoms with Gasteiger partial charge in [0.1, 0.15) is 0 Å². The minimum absolute atomic E-state index is 0.600. The molecule has 4 aromatic carbocycles. The first kappa shape index (κ1) is 15.0. The van der Waals surface area contributed by atoms with E-state index in [1.54, 1.807) is 6.07 Å². The fourth-order valence-electron chi connectivity index (χ4n) is 3.63. The second kappa shape index (κ2) is 4.97. The Morgan fingerprint density at radius 3 is 2.12 bits per heavy atom. The molecule has 0 nitrogen and oxygen atoms in total. The number of aryl methyl sites for hydroxylation is 2. The highest BCUT2D eigenvalue weighted by molar-refractivity contribution is 6.16. The molecule has 0 spiro atoms. The Bertz CT molecular complexity index is 1100. The molecule has 4 rings (SSSR count). The zero-order valence-corrected chi connectivity index (χ0v) is 13.3. The monoisotopic (exact) mass is 324 g/mol. The van der Waals surface area contributed by atoms with Crippen molar-refractivity contribution in [3.05, 3.63) is 71.3 Å². The van der Waals surface area contributed by atoms with Crippen molar-refractivity contribution in [3.8, 4) is 0 Å². The standard InChI is InChI=1S/C21H15F3/c1-12-16-10-8-15(21(22,23)24)11-19(16)13(2)20-17(12)9-7-14-5-3-4-6-18(14)20/h3-11H,1-2H3. The number of halogens is 3. The van der Waals surface area contributed by atoms with Gasteiger partial charge in [-0.3, -0.25) is 0 Å². The van der Waals surface area contributed by atoms with Crippen molar-refractivity contribution in [2.45, 2.75) is 20.0 Å². The van der Waals surface area contributed by atoms with Crippen LogP contribution in [0.15, 0.2) is 54.6 Å². The van der Waals surface area contributed by atoms with Crippen LogP contribution in [0, 0.1) is 13.8 Å². The van der Waals surface area contributed by atoms with Crippen LogP contribution in [0.3, 0.4) is 0 Å². The van der Waals surface area contributed by atoms with Gasteiger partial charge in [0, 0.05) is 0 Å². The largest absolute Gasteiger partial charge is 0.416 e. The van der Waals surface area contributed by atoms with E-state index in [4.69, 9.17) is 0 Å². The molecule has 0 amide bonds. The highest BCUT2D eigenvalue weighted by atomic mass is 19.4. The molecule has 24 heavy (non-hydrogen) atoms. The van der Waals surface area contributed by atoms with E-state index in [2.05, 4.69) is 12.1 Å². The lowest BCUT2D eigenvalue weighted by Crippen LogP contribution is -2.04. The van der Waals surface area contributed by atoms with Crippen molar-refractivity contribution in [1.29, 1.82) is 0 Å². The zero-order valence-electron chi connectivity index (χ0n) is 13.3. The molecule has 0 fully saturated rings. The summed E-state index contributed by atoms with van der Waals surface area (Å²) in [7, 11) is 0. The smallest absolute Gasteiger partial charge is 0.166 e. The molecule has 0 unspecified atom stereocenters. The molecular weight excluding hydrogens is 309 g/mol. The fourth-order valence-corrected chi connectivity index (χ4v) is 3.63. The van der Waals surface area contributed by atoms with E-state index in [0.717, 1.165) is 38.1 Å². The summed E-state index contributed by atoms with van der Waals surface area (Å²) < 4.78 is 39.3. The molecule has 120 valence electrons. The Labute approximate surface area is 137 Å². The third-order valence-electron chi connectivity index (χ3n) is 4.86. The van der Waals surface area contributed by atoms with Crippen LogP contribution < -0.4 is 0 Å². The summed E-state index contributed by atoms with van der Waals surface area (Å²) in [6.45, 7) is 3.89. The van der Waals surface area contributed by atoms with Gasteiger partial charge in [0.2, 0.25) is 0 Å². The van der Waals surface area contributed by atoms with E-state index >= 15 is 0 Å². The summed E-state index contributed by atoms with van der Waals surface area (Å²) in [5.74, 6) is 0. The highest BCUT2D eigenvalue weighted by Gasteiger charge is 2.30. The quantitative estimate of drug-likeness (QED) is 0.247. The molecule has 0 aliphatic heterocycles. The fraction of sp³-hybridized carbons (Fsp3) is 0.143. The zero-order chi connectivity index (χ0) is 17.1. The van der Waals surface area contributed by atoms with Gasteiger partial charge < -0.3 is 0 Å². The maximum absolute atomic E-state index is 13.1. The van der Waals surface area contributed by atoms with E-state index in [9.17, 15) is 13.2 Å². The Kier molecular flexibility index (Phi) is 3.11. The number of fused-ring (bicyclic) bond motifs is 4. The van der Waals surface area contributed by atoms with E-state index in [-0.39, 0.29) is 0 Å². The molecule has 0 aliphatic carbocycles. The average molecular weight is 324 g/mol. The molecule has 0 aliphatic rings. The van der Waals surface area contributed by atoms with Crippen molar-refractivity contribution >= 4 is 32.3 Å². The van der Waals surface area contributed by atoms with Crippen LogP contribution in [0.2, 0.25) is 0 Å². The Morgan fingerprint density at radius 1 is 0.667 bits per heavy atom. The topological polar surface area (TPSA) is 0 Å². The van der Waals surface area contributed by atoms with Crippen LogP contribution in [0.1, 0.15) is 16.7 Å². The van der Waals surface area contributed by atoms with Crippen molar-refractivity contribution < 1.29 is 13.2 Å². The van der Waals surface area contributed by atoms with Crippen molar-refractivity contribution in [3.63, 3.8) is 0 Å². The third-order valence-corrected chi connectivity index (χ3v) is 4.86. The molecule has 0 saturated heterocycles. The Morgan fingerprint density at radius 2 is 1.38 bits per heavy atom. The molecule has 0 saturated carbocycles. The normalized spacial score (nSPS) is 12.4. The molecular formula is C21H15F3. The predicted molar refractivity (Wildman–Crippen MR) is 93.4 cm³/mol.